The molecule has 1 aromatic carbocycles. The van der Waals surface area contributed by atoms with E-state index >= 15 is 0 Å². The fourth-order valence-corrected chi connectivity index (χ4v) is 2.45. The van der Waals surface area contributed by atoms with Gasteiger partial charge in [0, 0.05) is 5.69 Å². The maximum Gasteiger partial charge on any atom is 0.0741 e. The van der Waals surface area contributed by atoms with Crippen LogP contribution in [0.1, 0.15) is 36.8 Å². The monoisotopic (exact) mass is 219 g/mol. The molecule has 2 atom stereocenters. The molecule has 2 heteroatoms. The van der Waals surface area contributed by atoms with Gasteiger partial charge in [0.25, 0.3) is 0 Å². The topological polar surface area (TPSA) is 32.3 Å². The van der Waals surface area contributed by atoms with E-state index < -0.39 is 0 Å². The average molecular weight is 219 g/mol. The van der Waals surface area contributed by atoms with Crippen molar-refractivity contribution in [3.05, 3.63) is 29.3 Å². The number of aryl methyl sites for hydroxylation is 2. The highest BCUT2D eigenvalue weighted by Gasteiger charge is 2.22. The lowest BCUT2D eigenvalue weighted by Gasteiger charge is -2.29. The van der Waals surface area contributed by atoms with Crippen molar-refractivity contribution >= 4 is 5.69 Å². The second-order valence-corrected chi connectivity index (χ2v) is 4.92. The van der Waals surface area contributed by atoms with E-state index in [1.54, 1.807) is 0 Å². The summed E-state index contributed by atoms with van der Waals surface area (Å²) >= 11 is 0. The number of nitrogens with one attached hydrogen (secondary N) is 1. The van der Waals surface area contributed by atoms with Crippen LogP contribution >= 0.6 is 0 Å². The van der Waals surface area contributed by atoms with Crippen LogP contribution in [0.5, 0.6) is 0 Å². The van der Waals surface area contributed by atoms with Crippen molar-refractivity contribution in [1.29, 1.82) is 0 Å². The number of rotatable bonds is 2. The van der Waals surface area contributed by atoms with Crippen molar-refractivity contribution in [3.8, 4) is 0 Å². The minimum atomic E-state index is -0.186. The molecular formula is C14H21NO. The van der Waals surface area contributed by atoms with Crippen molar-refractivity contribution in [2.75, 3.05) is 5.32 Å². The molecule has 1 fully saturated rings. The van der Waals surface area contributed by atoms with E-state index in [2.05, 4.69) is 37.4 Å². The van der Waals surface area contributed by atoms with Gasteiger partial charge in [0.15, 0.2) is 0 Å². The first kappa shape index (κ1) is 11.5. The largest absolute Gasteiger partial charge is 0.391 e. The summed E-state index contributed by atoms with van der Waals surface area (Å²) in [6.07, 6.45) is 4.21. The molecule has 0 saturated heterocycles. The van der Waals surface area contributed by atoms with Gasteiger partial charge < -0.3 is 10.4 Å². The highest BCUT2D eigenvalue weighted by Crippen LogP contribution is 2.24. The lowest BCUT2D eigenvalue weighted by molar-refractivity contribution is 0.116. The molecular weight excluding hydrogens is 198 g/mol. The second-order valence-electron chi connectivity index (χ2n) is 4.92. The van der Waals surface area contributed by atoms with Crippen molar-refractivity contribution in [1.82, 2.24) is 0 Å². The smallest absolute Gasteiger partial charge is 0.0741 e. The third kappa shape index (κ3) is 2.56. The Kier molecular flexibility index (Phi) is 3.49. The Hall–Kier alpha value is -1.02. The Morgan fingerprint density at radius 2 is 1.94 bits per heavy atom. The Balaban J connectivity index is 2.07. The van der Waals surface area contributed by atoms with E-state index in [-0.39, 0.29) is 12.1 Å². The zero-order valence-electron chi connectivity index (χ0n) is 10.2. The number of aliphatic hydroxyl groups is 1. The van der Waals surface area contributed by atoms with Gasteiger partial charge in [0.1, 0.15) is 0 Å². The van der Waals surface area contributed by atoms with Crippen LogP contribution < -0.4 is 5.32 Å². The fourth-order valence-electron chi connectivity index (χ4n) is 2.45. The van der Waals surface area contributed by atoms with Crippen LogP contribution in [-0.4, -0.2) is 17.3 Å². The van der Waals surface area contributed by atoms with E-state index in [1.807, 2.05) is 0 Å². The van der Waals surface area contributed by atoms with Crippen LogP contribution in [0, 0.1) is 13.8 Å². The number of benzene rings is 1. The third-order valence-corrected chi connectivity index (χ3v) is 3.45. The highest BCUT2D eigenvalue weighted by atomic mass is 16.3. The summed E-state index contributed by atoms with van der Waals surface area (Å²) in [4.78, 5) is 0. The molecule has 1 aromatic rings. The molecule has 1 aliphatic rings. The Morgan fingerprint density at radius 3 is 2.62 bits per heavy atom. The number of anilines is 1. The predicted molar refractivity (Wildman–Crippen MR) is 67.8 cm³/mol. The summed E-state index contributed by atoms with van der Waals surface area (Å²) < 4.78 is 0. The summed E-state index contributed by atoms with van der Waals surface area (Å²) in [5, 5.41) is 13.4. The van der Waals surface area contributed by atoms with Gasteiger partial charge in [0.05, 0.1) is 12.1 Å². The van der Waals surface area contributed by atoms with E-state index in [4.69, 9.17) is 0 Å². The number of hydrogen-bond donors (Lipinski definition) is 2. The minimum Gasteiger partial charge on any atom is -0.391 e. The van der Waals surface area contributed by atoms with Crippen molar-refractivity contribution in [3.63, 3.8) is 0 Å². The second kappa shape index (κ2) is 4.88. The number of hydrogen-bond acceptors (Lipinski definition) is 2. The third-order valence-electron chi connectivity index (χ3n) is 3.45. The van der Waals surface area contributed by atoms with E-state index in [9.17, 15) is 5.11 Å². The maximum atomic E-state index is 9.91. The van der Waals surface area contributed by atoms with Crippen molar-refractivity contribution in [2.45, 2.75) is 51.7 Å². The van der Waals surface area contributed by atoms with Crippen molar-refractivity contribution < 1.29 is 5.11 Å². The summed E-state index contributed by atoms with van der Waals surface area (Å²) in [6.45, 7) is 4.22. The van der Waals surface area contributed by atoms with Crippen LogP contribution in [0.25, 0.3) is 0 Å². The van der Waals surface area contributed by atoms with Crippen LogP contribution in [-0.2, 0) is 0 Å². The van der Waals surface area contributed by atoms with Crippen LogP contribution in [0.3, 0.4) is 0 Å². The van der Waals surface area contributed by atoms with Crippen LogP contribution in [0.15, 0.2) is 18.2 Å². The predicted octanol–water partition coefficient (Wildman–Crippen LogP) is 3.02. The average Bonchev–Trinajstić information content (AvgIpc) is 2.25. The Bertz CT molecular complexity index is 362. The minimum absolute atomic E-state index is 0.186. The summed E-state index contributed by atoms with van der Waals surface area (Å²) in [7, 11) is 0. The molecule has 2 N–H and O–H groups in total. The van der Waals surface area contributed by atoms with Gasteiger partial charge in [-0.15, -0.1) is 0 Å². The molecule has 0 aliphatic heterocycles. The van der Waals surface area contributed by atoms with E-state index in [0.29, 0.717) is 0 Å². The van der Waals surface area contributed by atoms with Gasteiger partial charge in [-0.1, -0.05) is 30.5 Å². The first-order valence-corrected chi connectivity index (χ1v) is 6.18. The Labute approximate surface area is 97.7 Å². The first-order valence-electron chi connectivity index (χ1n) is 6.18. The van der Waals surface area contributed by atoms with Crippen molar-refractivity contribution in [2.24, 2.45) is 0 Å². The lowest BCUT2D eigenvalue weighted by atomic mass is 9.92. The van der Waals surface area contributed by atoms with E-state index in [0.717, 1.165) is 24.9 Å². The molecule has 0 amide bonds. The summed E-state index contributed by atoms with van der Waals surface area (Å²) in [5.74, 6) is 0. The van der Waals surface area contributed by atoms with Gasteiger partial charge in [0.2, 0.25) is 0 Å². The Morgan fingerprint density at radius 1 is 1.19 bits per heavy atom. The first-order chi connectivity index (χ1) is 7.66. The lowest BCUT2D eigenvalue weighted by Crippen LogP contribution is -2.36. The SMILES string of the molecule is Cc1ccc(N[C@H]2CCCC[C@@H]2O)c(C)c1. The fraction of sp³-hybridized carbons (Fsp3) is 0.571. The summed E-state index contributed by atoms with van der Waals surface area (Å²) in [6, 6.07) is 6.64. The van der Waals surface area contributed by atoms with Gasteiger partial charge in [-0.2, -0.15) is 0 Å². The molecule has 88 valence electrons. The highest BCUT2D eigenvalue weighted by molar-refractivity contribution is 5.52. The molecule has 2 rings (SSSR count). The molecule has 0 aromatic heterocycles. The molecule has 0 bridgehead atoms. The molecule has 2 nitrogen and oxygen atoms in total. The number of aliphatic hydroxyl groups excluding tert-OH is 1. The normalized spacial score (nSPS) is 25.4. The van der Waals surface area contributed by atoms with Gasteiger partial charge in [-0.3, -0.25) is 0 Å². The molecule has 0 unspecified atom stereocenters. The zero-order valence-corrected chi connectivity index (χ0v) is 10.2. The van der Waals surface area contributed by atoms with Gasteiger partial charge in [-0.25, -0.2) is 0 Å². The zero-order chi connectivity index (χ0) is 11.5. The maximum absolute atomic E-state index is 9.91. The molecule has 16 heavy (non-hydrogen) atoms. The molecule has 1 aliphatic carbocycles. The molecule has 0 radical (unpaired) electrons. The quantitative estimate of drug-likeness (QED) is 0.801. The van der Waals surface area contributed by atoms with Crippen LogP contribution in [0.2, 0.25) is 0 Å². The molecule has 0 spiro atoms. The van der Waals surface area contributed by atoms with Crippen LogP contribution in [0.4, 0.5) is 5.69 Å². The molecule has 1 saturated carbocycles. The van der Waals surface area contributed by atoms with E-state index in [1.165, 1.54) is 17.5 Å². The van der Waals surface area contributed by atoms with Gasteiger partial charge in [-0.05, 0) is 38.3 Å². The standard InChI is InChI=1S/C14H21NO/c1-10-7-8-12(11(2)9-10)15-13-5-3-4-6-14(13)16/h7-9,13-16H,3-6H2,1-2H3/t13-,14-/m0/s1. The molecule has 0 heterocycles. The van der Waals surface area contributed by atoms with Gasteiger partial charge >= 0.3 is 0 Å². The summed E-state index contributed by atoms with van der Waals surface area (Å²) in [5.41, 5.74) is 3.71.